The first kappa shape index (κ1) is 10.9. The molecule has 1 N–H and O–H groups in total. The van der Waals surface area contributed by atoms with Crippen molar-refractivity contribution < 1.29 is 14.3 Å². The first-order valence-corrected chi connectivity index (χ1v) is 5.34. The van der Waals surface area contributed by atoms with Gasteiger partial charge in [0.1, 0.15) is 5.82 Å². The fourth-order valence-electron chi connectivity index (χ4n) is 2.01. The van der Waals surface area contributed by atoms with Crippen molar-refractivity contribution in [3.8, 4) is 0 Å². The molecule has 1 aromatic rings. The summed E-state index contributed by atoms with van der Waals surface area (Å²) in [7, 11) is 0. The molecule has 0 heterocycles. The maximum Gasteiger partial charge on any atom is 0.306 e. The molecule has 0 radical (unpaired) electrons. The molecular formula is C13H13FO2. The normalized spacial score (nSPS) is 20.3. The lowest BCUT2D eigenvalue weighted by Crippen LogP contribution is -2.15. The van der Waals surface area contributed by atoms with Crippen LogP contribution in [0, 0.1) is 11.7 Å². The summed E-state index contributed by atoms with van der Waals surface area (Å²) in [6.45, 7) is 0. The van der Waals surface area contributed by atoms with E-state index >= 15 is 0 Å². The van der Waals surface area contributed by atoms with Crippen LogP contribution in [0.5, 0.6) is 0 Å². The van der Waals surface area contributed by atoms with Crippen LogP contribution in [0.1, 0.15) is 24.8 Å². The fraction of sp³-hybridized carbons (Fsp3) is 0.308. The summed E-state index contributed by atoms with van der Waals surface area (Å²) in [5.74, 6) is -1.27. The largest absolute Gasteiger partial charge is 0.481 e. The molecule has 0 saturated heterocycles. The average Bonchev–Trinajstić information content (AvgIpc) is 2.29. The Kier molecular flexibility index (Phi) is 3.04. The van der Waals surface area contributed by atoms with Gasteiger partial charge in [0.2, 0.25) is 0 Å². The Hall–Kier alpha value is -1.64. The van der Waals surface area contributed by atoms with E-state index in [1.165, 1.54) is 12.1 Å². The number of allylic oxidation sites excluding steroid dienone is 2. The monoisotopic (exact) mass is 220 g/mol. The zero-order valence-corrected chi connectivity index (χ0v) is 8.82. The van der Waals surface area contributed by atoms with Gasteiger partial charge < -0.3 is 5.11 Å². The number of carboxylic acids is 1. The Morgan fingerprint density at radius 3 is 2.81 bits per heavy atom. The summed E-state index contributed by atoms with van der Waals surface area (Å²) < 4.78 is 13.0. The zero-order chi connectivity index (χ0) is 11.5. The Bertz CT molecular complexity index is 437. The van der Waals surface area contributed by atoms with Gasteiger partial charge in [-0.15, -0.1) is 0 Å². The van der Waals surface area contributed by atoms with Gasteiger partial charge in [-0.1, -0.05) is 18.2 Å². The van der Waals surface area contributed by atoms with E-state index in [1.807, 2.05) is 12.1 Å². The van der Waals surface area contributed by atoms with E-state index in [4.69, 9.17) is 5.11 Å². The van der Waals surface area contributed by atoms with Gasteiger partial charge >= 0.3 is 5.97 Å². The highest BCUT2D eigenvalue weighted by atomic mass is 19.1. The van der Waals surface area contributed by atoms with E-state index in [2.05, 4.69) is 0 Å². The van der Waals surface area contributed by atoms with Gasteiger partial charge in [-0.2, -0.15) is 0 Å². The van der Waals surface area contributed by atoms with Gasteiger partial charge in [0.25, 0.3) is 0 Å². The molecule has 0 spiro atoms. The van der Waals surface area contributed by atoms with Crippen LogP contribution in [0.25, 0.3) is 5.57 Å². The van der Waals surface area contributed by atoms with Crippen molar-refractivity contribution in [2.75, 3.05) is 0 Å². The van der Waals surface area contributed by atoms with Crippen LogP contribution in [-0.4, -0.2) is 11.1 Å². The third-order valence-corrected chi connectivity index (χ3v) is 2.96. The molecule has 16 heavy (non-hydrogen) atoms. The highest BCUT2D eigenvalue weighted by Gasteiger charge is 2.21. The summed E-state index contributed by atoms with van der Waals surface area (Å²) in [6.07, 6.45) is 3.80. The second-order valence-corrected chi connectivity index (χ2v) is 4.05. The van der Waals surface area contributed by atoms with Crippen LogP contribution in [-0.2, 0) is 4.79 Å². The lowest BCUT2D eigenvalue weighted by molar-refractivity contribution is -0.141. The van der Waals surface area contributed by atoms with E-state index in [0.717, 1.165) is 11.1 Å². The number of rotatable bonds is 2. The van der Waals surface area contributed by atoms with Crippen molar-refractivity contribution in [3.05, 3.63) is 41.7 Å². The number of carbonyl (C=O) groups is 1. The standard InChI is InChI=1S/C13H13FO2/c14-12-3-1-2-11(8-12)9-4-6-10(7-5-9)13(15)16/h1-4,8,10H,5-7H2,(H,15,16). The Morgan fingerprint density at radius 1 is 1.44 bits per heavy atom. The fourth-order valence-corrected chi connectivity index (χ4v) is 2.01. The van der Waals surface area contributed by atoms with Crippen molar-refractivity contribution in [1.82, 2.24) is 0 Å². The molecule has 2 nitrogen and oxygen atoms in total. The molecule has 0 bridgehead atoms. The summed E-state index contributed by atoms with van der Waals surface area (Å²) in [5, 5.41) is 8.85. The molecule has 1 aliphatic rings. The van der Waals surface area contributed by atoms with Crippen molar-refractivity contribution in [2.45, 2.75) is 19.3 Å². The second kappa shape index (κ2) is 4.47. The Morgan fingerprint density at radius 2 is 2.25 bits per heavy atom. The van der Waals surface area contributed by atoms with Crippen LogP contribution in [0.15, 0.2) is 30.3 Å². The molecule has 0 amide bonds. The summed E-state index contributed by atoms with van der Waals surface area (Å²) in [5.41, 5.74) is 1.92. The van der Waals surface area contributed by atoms with Crippen molar-refractivity contribution >= 4 is 11.5 Å². The molecule has 0 fully saturated rings. The minimum absolute atomic E-state index is 0.251. The summed E-state index contributed by atoms with van der Waals surface area (Å²) in [4.78, 5) is 10.8. The van der Waals surface area contributed by atoms with Crippen molar-refractivity contribution in [2.24, 2.45) is 5.92 Å². The van der Waals surface area contributed by atoms with E-state index in [0.29, 0.717) is 19.3 Å². The molecule has 0 saturated carbocycles. The van der Waals surface area contributed by atoms with Gasteiger partial charge in [0.15, 0.2) is 0 Å². The van der Waals surface area contributed by atoms with Crippen LogP contribution >= 0.6 is 0 Å². The van der Waals surface area contributed by atoms with Crippen LogP contribution in [0.4, 0.5) is 4.39 Å². The Balaban J connectivity index is 2.16. The van der Waals surface area contributed by atoms with E-state index in [9.17, 15) is 9.18 Å². The second-order valence-electron chi connectivity index (χ2n) is 4.05. The molecule has 0 aliphatic heterocycles. The molecule has 3 heteroatoms. The summed E-state index contributed by atoms with van der Waals surface area (Å²) >= 11 is 0. The highest BCUT2D eigenvalue weighted by molar-refractivity contribution is 5.74. The predicted octanol–water partition coefficient (Wildman–Crippen LogP) is 3.09. The third-order valence-electron chi connectivity index (χ3n) is 2.96. The van der Waals surface area contributed by atoms with Crippen LogP contribution in [0.2, 0.25) is 0 Å². The topological polar surface area (TPSA) is 37.3 Å². The molecule has 84 valence electrons. The van der Waals surface area contributed by atoms with E-state index in [1.54, 1.807) is 6.07 Å². The van der Waals surface area contributed by atoms with Gasteiger partial charge in [0, 0.05) is 0 Å². The van der Waals surface area contributed by atoms with Gasteiger partial charge in [-0.25, -0.2) is 4.39 Å². The number of benzene rings is 1. The summed E-state index contributed by atoms with van der Waals surface area (Å²) in [6, 6.07) is 6.44. The smallest absolute Gasteiger partial charge is 0.306 e. The van der Waals surface area contributed by atoms with Gasteiger partial charge in [0.05, 0.1) is 5.92 Å². The van der Waals surface area contributed by atoms with Crippen LogP contribution < -0.4 is 0 Å². The molecule has 1 aromatic carbocycles. The predicted molar refractivity (Wildman–Crippen MR) is 59.4 cm³/mol. The number of carboxylic acid groups (broad SMARTS) is 1. The number of halogens is 1. The van der Waals surface area contributed by atoms with Crippen LogP contribution in [0.3, 0.4) is 0 Å². The SMILES string of the molecule is O=C(O)C1CC=C(c2cccc(F)c2)CC1. The molecule has 1 unspecified atom stereocenters. The molecular weight excluding hydrogens is 207 g/mol. The van der Waals surface area contributed by atoms with Gasteiger partial charge in [-0.05, 0) is 42.5 Å². The molecule has 2 rings (SSSR count). The number of hydrogen-bond acceptors (Lipinski definition) is 1. The quantitative estimate of drug-likeness (QED) is 0.831. The van der Waals surface area contributed by atoms with Gasteiger partial charge in [-0.3, -0.25) is 4.79 Å². The van der Waals surface area contributed by atoms with Crippen molar-refractivity contribution in [1.29, 1.82) is 0 Å². The lowest BCUT2D eigenvalue weighted by Gasteiger charge is -2.18. The lowest BCUT2D eigenvalue weighted by atomic mass is 9.87. The van der Waals surface area contributed by atoms with E-state index < -0.39 is 5.97 Å². The first-order valence-electron chi connectivity index (χ1n) is 5.34. The minimum Gasteiger partial charge on any atom is -0.481 e. The maximum absolute atomic E-state index is 13.0. The molecule has 1 atom stereocenters. The van der Waals surface area contributed by atoms with E-state index in [-0.39, 0.29) is 11.7 Å². The molecule has 1 aliphatic carbocycles. The maximum atomic E-state index is 13.0. The minimum atomic E-state index is -0.741. The number of aliphatic carboxylic acids is 1. The molecule has 0 aromatic heterocycles. The Labute approximate surface area is 93.4 Å². The zero-order valence-electron chi connectivity index (χ0n) is 8.82. The number of hydrogen-bond donors (Lipinski definition) is 1. The highest BCUT2D eigenvalue weighted by Crippen LogP contribution is 2.30. The third kappa shape index (κ3) is 2.30. The van der Waals surface area contributed by atoms with Crippen molar-refractivity contribution in [3.63, 3.8) is 0 Å². The average molecular weight is 220 g/mol. The first-order chi connectivity index (χ1) is 7.66.